The molecule has 0 aliphatic heterocycles. The van der Waals surface area contributed by atoms with E-state index < -0.39 is 0 Å². The first kappa shape index (κ1) is 18.8. The van der Waals surface area contributed by atoms with Crippen LogP contribution < -0.4 is 15.0 Å². The number of hydrogen-bond donors (Lipinski definition) is 1. The molecule has 0 saturated carbocycles. The molecule has 1 N–H and O–H groups in total. The number of carbonyl (C=O) groups excluding carboxylic acids is 2. The van der Waals surface area contributed by atoms with Gasteiger partial charge in [0.1, 0.15) is 5.75 Å². The lowest BCUT2D eigenvalue weighted by Gasteiger charge is -2.23. The Morgan fingerprint density at radius 3 is 2.56 bits per heavy atom. The van der Waals surface area contributed by atoms with Gasteiger partial charge in [-0.2, -0.15) is 0 Å². The number of methoxy groups -OCH3 is 1. The summed E-state index contributed by atoms with van der Waals surface area (Å²) in [4.78, 5) is 25.8. The zero-order valence-electron chi connectivity index (χ0n) is 14.5. The number of ether oxygens (including phenoxy) is 1. The molecule has 0 fully saturated rings. The average Bonchev–Trinajstić information content (AvgIpc) is 2.57. The van der Waals surface area contributed by atoms with Crippen molar-refractivity contribution in [1.29, 1.82) is 0 Å². The molecule has 2 rings (SSSR count). The monoisotopic (exact) mass is 360 g/mol. The molecule has 25 heavy (non-hydrogen) atoms. The normalized spacial score (nSPS) is 10.2. The van der Waals surface area contributed by atoms with Crippen molar-refractivity contribution in [2.75, 3.05) is 23.9 Å². The molecule has 0 aliphatic carbocycles. The molecular weight excluding hydrogens is 340 g/mol. The van der Waals surface area contributed by atoms with Gasteiger partial charge in [0.15, 0.2) is 0 Å². The number of aryl methyl sites for hydroxylation is 1. The second-order valence-corrected chi connectivity index (χ2v) is 6.04. The molecule has 0 saturated heterocycles. The number of amides is 2. The van der Waals surface area contributed by atoms with Gasteiger partial charge in [-0.3, -0.25) is 9.59 Å². The van der Waals surface area contributed by atoms with Crippen LogP contribution in [-0.4, -0.2) is 25.5 Å². The van der Waals surface area contributed by atoms with Gasteiger partial charge in [-0.25, -0.2) is 0 Å². The predicted molar refractivity (Wildman–Crippen MR) is 100 cm³/mol. The first-order chi connectivity index (χ1) is 11.9. The Morgan fingerprint density at radius 1 is 1.20 bits per heavy atom. The van der Waals surface area contributed by atoms with Crippen LogP contribution in [0.25, 0.3) is 0 Å². The molecular formula is C19H21ClN2O3. The second-order valence-electron chi connectivity index (χ2n) is 5.60. The molecule has 0 spiro atoms. The van der Waals surface area contributed by atoms with E-state index in [0.29, 0.717) is 16.5 Å². The van der Waals surface area contributed by atoms with Crippen molar-refractivity contribution >= 4 is 34.8 Å². The van der Waals surface area contributed by atoms with Gasteiger partial charge >= 0.3 is 0 Å². The maximum absolute atomic E-state index is 12.3. The second kappa shape index (κ2) is 8.53. The Balaban J connectivity index is 2.06. The number of carbonyl (C=O) groups is 2. The summed E-state index contributed by atoms with van der Waals surface area (Å²) < 4.78 is 5.21. The van der Waals surface area contributed by atoms with Crippen LogP contribution in [0.2, 0.25) is 5.02 Å². The van der Waals surface area contributed by atoms with Gasteiger partial charge in [-0.15, -0.1) is 0 Å². The summed E-state index contributed by atoms with van der Waals surface area (Å²) in [6.45, 7) is 3.64. The zero-order chi connectivity index (χ0) is 18.4. The van der Waals surface area contributed by atoms with Gasteiger partial charge in [0.2, 0.25) is 11.8 Å². The highest BCUT2D eigenvalue weighted by Gasteiger charge is 2.16. The molecule has 0 radical (unpaired) electrons. The molecule has 2 amide bonds. The van der Waals surface area contributed by atoms with E-state index in [1.807, 2.05) is 19.1 Å². The number of hydrogen-bond acceptors (Lipinski definition) is 3. The first-order valence-electron chi connectivity index (χ1n) is 7.89. The lowest BCUT2D eigenvalue weighted by Crippen LogP contribution is -2.32. The van der Waals surface area contributed by atoms with Crippen molar-refractivity contribution < 1.29 is 14.3 Å². The van der Waals surface area contributed by atoms with Crippen LogP contribution >= 0.6 is 11.6 Å². The number of halogens is 1. The minimum atomic E-state index is -0.192. The van der Waals surface area contributed by atoms with E-state index in [4.69, 9.17) is 16.3 Å². The van der Waals surface area contributed by atoms with Crippen LogP contribution in [-0.2, 0) is 9.59 Å². The van der Waals surface area contributed by atoms with Crippen LogP contribution in [0.1, 0.15) is 18.9 Å². The quantitative estimate of drug-likeness (QED) is 0.845. The summed E-state index contributed by atoms with van der Waals surface area (Å²) >= 11 is 5.97. The van der Waals surface area contributed by atoms with Crippen molar-refractivity contribution in [3.63, 3.8) is 0 Å². The largest absolute Gasteiger partial charge is 0.495 e. The molecule has 2 aromatic carbocycles. The van der Waals surface area contributed by atoms with Crippen molar-refractivity contribution in [3.8, 4) is 5.75 Å². The van der Waals surface area contributed by atoms with E-state index in [1.165, 1.54) is 6.92 Å². The fourth-order valence-corrected chi connectivity index (χ4v) is 2.77. The Hall–Kier alpha value is -2.53. The Kier molecular flexibility index (Phi) is 6.42. The summed E-state index contributed by atoms with van der Waals surface area (Å²) in [6, 6.07) is 12.5. The zero-order valence-corrected chi connectivity index (χ0v) is 15.3. The number of anilines is 2. The highest BCUT2D eigenvalue weighted by molar-refractivity contribution is 6.30. The number of nitrogens with one attached hydrogen (secondary N) is 1. The number of para-hydroxylation sites is 2. The van der Waals surface area contributed by atoms with Crippen LogP contribution in [0, 0.1) is 6.92 Å². The summed E-state index contributed by atoms with van der Waals surface area (Å²) in [7, 11) is 1.55. The molecule has 5 nitrogen and oxygen atoms in total. The Morgan fingerprint density at radius 2 is 1.92 bits per heavy atom. The van der Waals surface area contributed by atoms with Gasteiger partial charge in [0, 0.05) is 30.6 Å². The first-order valence-corrected chi connectivity index (χ1v) is 8.27. The van der Waals surface area contributed by atoms with Crippen LogP contribution in [0.5, 0.6) is 5.75 Å². The van der Waals surface area contributed by atoms with Gasteiger partial charge in [0.25, 0.3) is 0 Å². The molecule has 132 valence electrons. The summed E-state index contributed by atoms with van der Waals surface area (Å²) in [6.07, 6.45) is 0.166. The van der Waals surface area contributed by atoms with Gasteiger partial charge < -0.3 is 15.0 Å². The van der Waals surface area contributed by atoms with Gasteiger partial charge in [-0.1, -0.05) is 23.7 Å². The van der Waals surface area contributed by atoms with Crippen LogP contribution in [0.15, 0.2) is 42.5 Å². The third kappa shape index (κ3) is 4.97. The standard InChI is InChI=1S/C19H21ClN2O3/c1-13-12-15(20)8-9-17(13)22(14(2)23)11-10-19(24)21-16-6-4-5-7-18(16)25-3/h4-9,12H,10-11H2,1-3H3,(H,21,24). The topological polar surface area (TPSA) is 58.6 Å². The lowest BCUT2D eigenvalue weighted by atomic mass is 10.1. The van der Waals surface area contributed by atoms with E-state index >= 15 is 0 Å². The molecule has 0 aromatic heterocycles. The molecule has 0 heterocycles. The molecule has 2 aromatic rings. The highest BCUT2D eigenvalue weighted by atomic mass is 35.5. The van der Waals surface area contributed by atoms with E-state index in [-0.39, 0.29) is 24.8 Å². The smallest absolute Gasteiger partial charge is 0.226 e. The van der Waals surface area contributed by atoms with Crippen molar-refractivity contribution in [1.82, 2.24) is 0 Å². The number of benzene rings is 2. The summed E-state index contributed by atoms with van der Waals surface area (Å²) in [5.74, 6) is 0.269. The summed E-state index contributed by atoms with van der Waals surface area (Å²) in [5, 5.41) is 3.42. The third-order valence-corrected chi connectivity index (χ3v) is 4.01. The summed E-state index contributed by atoms with van der Waals surface area (Å²) in [5.41, 5.74) is 2.24. The van der Waals surface area contributed by atoms with Crippen LogP contribution in [0.3, 0.4) is 0 Å². The predicted octanol–water partition coefficient (Wildman–Crippen LogP) is 4.04. The average molecular weight is 361 g/mol. The van der Waals surface area contributed by atoms with E-state index in [2.05, 4.69) is 5.32 Å². The Labute approximate surface area is 152 Å². The Bertz CT molecular complexity index is 777. The maximum Gasteiger partial charge on any atom is 0.226 e. The maximum atomic E-state index is 12.3. The third-order valence-electron chi connectivity index (χ3n) is 3.77. The SMILES string of the molecule is COc1ccccc1NC(=O)CCN(C(C)=O)c1ccc(Cl)cc1C. The molecule has 0 unspecified atom stereocenters. The van der Waals surface area contributed by atoms with Crippen molar-refractivity contribution in [2.24, 2.45) is 0 Å². The van der Waals surface area contributed by atoms with E-state index in [1.54, 1.807) is 42.3 Å². The van der Waals surface area contributed by atoms with Gasteiger partial charge in [0.05, 0.1) is 12.8 Å². The van der Waals surface area contributed by atoms with Crippen molar-refractivity contribution in [2.45, 2.75) is 20.3 Å². The minimum Gasteiger partial charge on any atom is -0.495 e. The number of rotatable bonds is 6. The fraction of sp³-hybridized carbons (Fsp3) is 0.263. The molecule has 0 bridgehead atoms. The minimum absolute atomic E-state index is 0.129. The van der Waals surface area contributed by atoms with E-state index in [9.17, 15) is 9.59 Å². The van der Waals surface area contributed by atoms with Crippen LogP contribution in [0.4, 0.5) is 11.4 Å². The molecule has 0 aliphatic rings. The van der Waals surface area contributed by atoms with E-state index in [0.717, 1.165) is 11.3 Å². The molecule has 0 atom stereocenters. The molecule has 6 heteroatoms. The highest BCUT2D eigenvalue weighted by Crippen LogP contribution is 2.25. The number of nitrogens with zero attached hydrogens (tertiary/aromatic N) is 1. The van der Waals surface area contributed by atoms with Crippen molar-refractivity contribution in [3.05, 3.63) is 53.1 Å². The van der Waals surface area contributed by atoms with Gasteiger partial charge in [-0.05, 0) is 42.8 Å². The lowest BCUT2D eigenvalue weighted by molar-refractivity contribution is -0.117. The fourth-order valence-electron chi connectivity index (χ4n) is 2.54.